The van der Waals surface area contributed by atoms with Gasteiger partial charge in [0.05, 0.1) is 7.11 Å². The zero-order valence-electron chi connectivity index (χ0n) is 3.69. The van der Waals surface area contributed by atoms with E-state index in [0.717, 1.165) is 0 Å². The molecule has 0 aliphatic rings. The summed E-state index contributed by atoms with van der Waals surface area (Å²) >= 11 is 0. The highest BCUT2D eigenvalue weighted by Gasteiger charge is 1.70. The minimum absolute atomic E-state index is 0.317. The molecular formula is C3H8N2O. The molecule has 0 unspecified atom stereocenters. The summed E-state index contributed by atoms with van der Waals surface area (Å²) in [7, 11) is 1.47. The van der Waals surface area contributed by atoms with E-state index in [-0.39, 0.29) is 0 Å². The van der Waals surface area contributed by atoms with Crippen LogP contribution in [0.5, 0.6) is 0 Å². The van der Waals surface area contributed by atoms with Gasteiger partial charge >= 0.3 is 0 Å². The lowest BCUT2D eigenvalue weighted by Crippen LogP contribution is -2.16. The van der Waals surface area contributed by atoms with Crippen molar-refractivity contribution in [1.29, 1.82) is 0 Å². The van der Waals surface area contributed by atoms with Crippen molar-refractivity contribution < 1.29 is 4.84 Å². The minimum Gasteiger partial charge on any atom is -0.384 e. The zero-order chi connectivity index (χ0) is 4.99. The molecule has 0 bridgehead atoms. The third-order valence-corrected chi connectivity index (χ3v) is 0.233. The molecule has 0 aliphatic heterocycles. The Morgan fingerprint density at radius 1 is 2.00 bits per heavy atom. The molecule has 0 aliphatic carbocycles. The lowest BCUT2D eigenvalue weighted by Gasteiger charge is -1.95. The van der Waals surface area contributed by atoms with Crippen molar-refractivity contribution in [3.8, 4) is 0 Å². The average Bonchev–Trinajstić information content (AvgIpc) is 1.35. The molecule has 0 heterocycles. The lowest BCUT2D eigenvalue weighted by molar-refractivity contribution is 0.117. The van der Waals surface area contributed by atoms with Crippen LogP contribution in [0.15, 0.2) is 12.4 Å². The van der Waals surface area contributed by atoms with Crippen molar-refractivity contribution in [2.75, 3.05) is 7.11 Å². The summed E-state index contributed by atoms with van der Waals surface area (Å²) in [6, 6.07) is 0. The molecular weight excluding hydrogens is 80.0 g/mol. The van der Waals surface area contributed by atoms with Crippen molar-refractivity contribution in [2.45, 2.75) is 0 Å². The molecule has 36 valence electrons. The minimum atomic E-state index is 0.317. The molecule has 0 atom stereocenters. The normalized spacial score (nSPS) is 7.50. The second-order valence-corrected chi connectivity index (χ2v) is 0.831. The number of nitrogens with two attached hydrogens (primary N) is 1. The third-order valence-electron chi connectivity index (χ3n) is 0.233. The molecule has 0 saturated heterocycles. The predicted octanol–water partition coefficient (Wildman–Crippen LogP) is -0.433. The van der Waals surface area contributed by atoms with E-state index < -0.39 is 0 Å². The Labute approximate surface area is 36.7 Å². The molecule has 3 N–H and O–H groups in total. The van der Waals surface area contributed by atoms with Crippen molar-refractivity contribution in [1.82, 2.24) is 5.48 Å². The van der Waals surface area contributed by atoms with Crippen molar-refractivity contribution in [3.05, 3.63) is 12.4 Å². The maximum absolute atomic E-state index is 4.97. The van der Waals surface area contributed by atoms with Gasteiger partial charge in [-0.2, -0.15) is 0 Å². The number of hydrogen-bond donors (Lipinski definition) is 2. The van der Waals surface area contributed by atoms with E-state index in [4.69, 9.17) is 5.73 Å². The number of rotatable bonds is 2. The molecule has 0 aromatic rings. The smallest absolute Gasteiger partial charge is 0.113 e. The highest BCUT2D eigenvalue weighted by molar-refractivity contribution is 4.76. The summed E-state index contributed by atoms with van der Waals surface area (Å²) in [4.78, 5) is 4.33. The molecule has 0 fully saturated rings. The van der Waals surface area contributed by atoms with Gasteiger partial charge in [-0.25, -0.2) is 0 Å². The van der Waals surface area contributed by atoms with Crippen LogP contribution in [0.3, 0.4) is 0 Å². The lowest BCUT2D eigenvalue weighted by atomic mass is 10.9. The molecule has 0 aromatic heterocycles. The van der Waals surface area contributed by atoms with Crippen molar-refractivity contribution in [3.63, 3.8) is 0 Å². The first-order chi connectivity index (χ1) is 2.77. The molecule has 0 saturated carbocycles. The van der Waals surface area contributed by atoms with Gasteiger partial charge < -0.3 is 5.73 Å². The van der Waals surface area contributed by atoms with E-state index in [9.17, 15) is 0 Å². The fourth-order valence-electron chi connectivity index (χ4n) is 0.131. The number of hydrogen-bond acceptors (Lipinski definition) is 3. The maximum atomic E-state index is 4.97. The third kappa shape index (κ3) is 3.30. The van der Waals surface area contributed by atoms with E-state index in [2.05, 4.69) is 16.9 Å². The van der Waals surface area contributed by atoms with Crippen LogP contribution >= 0.6 is 0 Å². The maximum Gasteiger partial charge on any atom is 0.113 e. The summed E-state index contributed by atoms with van der Waals surface area (Å²) in [5, 5.41) is 0. The van der Waals surface area contributed by atoms with E-state index in [1.54, 1.807) is 0 Å². The quantitative estimate of drug-likeness (QED) is 0.450. The van der Waals surface area contributed by atoms with Crippen LogP contribution in [0, 0.1) is 0 Å². The average molecular weight is 88.1 g/mol. The molecule has 0 aromatic carbocycles. The van der Waals surface area contributed by atoms with Crippen LogP contribution in [0.4, 0.5) is 0 Å². The first-order valence-corrected chi connectivity index (χ1v) is 1.50. The summed E-state index contributed by atoms with van der Waals surface area (Å²) in [5.74, 6) is 0.317. The molecule has 3 nitrogen and oxygen atoms in total. The Balaban J connectivity index is 2.83. The summed E-state index contributed by atoms with van der Waals surface area (Å²) in [6.45, 7) is 3.29. The SMILES string of the molecule is C=C(N)NOC. The fourth-order valence-corrected chi connectivity index (χ4v) is 0.131. The number of hydroxylamine groups is 1. The Morgan fingerprint density at radius 2 is 2.50 bits per heavy atom. The van der Waals surface area contributed by atoms with Crippen LogP contribution < -0.4 is 11.2 Å². The van der Waals surface area contributed by atoms with Crippen LogP contribution in [-0.4, -0.2) is 7.11 Å². The fraction of sp³-hybridized carbons (Fsp3) is 0.333. The zero-order valence-corrected chi connectivity index (χ0v) is 3.69. The molecule has 0 rings (SSSR count). The van der Waals surface area contributed by atoms with Crippen LogP contribution in [0.1, 0.15) is 0 Å². The number of nitrogens with one attached hydrogen (secondary N) is 1. The van der Waals surface area contributed by atoms with E-state index in [1.807, 2.05) is 0 Å². The molecule has 0 amide bonds. The van der Waals surface area contributed by atoms with Crippen molar-refractivity contribution in [2.24, 2.45) is 5.73 Å². The van der Waals surface area contributed by atoms with E-state index >= 15 is 0 Å². The molecule has 0 spiro atoms. The van der Waals surface area contributed by atoms with Crippen LogP contribution in [-0.2, 0) is 4.84 Å². The van der Waals surface area contributed by atoms with Gasteiger partial charge in [0.25, 0.3) is 0 Å². The highest BCUT2D eigenvalue weighted by Crippen LogP contribution is 1.60. The van der Waals surface area contributed by atoms with Crippen molar-refractivity contribution >= 4 is 0 Å². The summed E-state index contributed by atoms with van der Waals surface area (Å²) in [5.41, 5.74) is 7.26. The summed E-state index contributed by atoms with van der Waals surface area (Å²) in [6.07, 6.45) is 0. The van der Waals surface area contributed by atoms with Gasteiger partial charge in [0, 0.05) is 0 Å². The Bertz CT molecular complexity index is 52.8. The molecule has 0 radical (unpaired) electrons. The van der Waals surface area contributed by atoms with E-state index in [0.29, 0.717) is 5.82 Å². The Morgan fingerprint density at radius 3 is 2.50 bits per heavy atom. The Hall–Kier alpha value is -0.700. The second kappa shape index (κ2) is 2.53. The second-order valence-electron chi connectivity index (χ2n) is 0.831. The first kappa shape index (κ1) is 5.30. The van der Waals surface area contributed by atoms with Gasteiger partial charge in [0.2, 0.25) is 0 Å². The van der Waals surface area contributed by atoms with Gasteiger partial charge in [0.15, 0.2) is 0 Å². The van der Waals surface area contributed by atoms with Gasteiger partial charge in [-0.3, -0.25) is 10.3 Å². The highest BCUT2D eigenvalue weighted by atomic mass is 16.6. The molecule has 3 heteroatoms. The largest absolute Gasteiger partial charge is 0.384 e. The van der Waals surface area contributed by atoms with Gasteiger partial charge in [0.1, 0.15) is 5.82 Å². The summed E-state index contributed by atoms with van der Waals surface area (Å²) < 4.78 is 0. The Kier molecular flexibility index (Phi) is 2.24. The predicted molar refractivity (Wildman–Crippen MR) is 23.5 cm³/mol. The van der Waals surface area contributed by atoms with Gasteiger partial charge in [-0.15, -0.1) is 0 Å². The van der Waals surface area contributed by atoms with Crippen LogP contribution in [0.25, 0.3) is 0 Å². The van der Waals surface area contributed by atoms with Crippen LogP contribution in [0.2, 0.25) is 0 Å². The van der Waals surface area contributed by atoms with E-state index in [1.165, 1.54) is 7.11 Å². The first-order valence-electron chi connectivity index (χ1n) is 1.50. The van der Waals surface area contributed by atoms with Gasteiger partial charge in [-0.1, -0.05) is 6.58 Å². The molecule has 6 heavy (non-hydrogen) atoms. The standard InChI is InChI=1S/C3H8N2O/c1-3(4)5-6-2/h5H,1,4H2,2H3. The van der Waals surface area contributed by atoms with Gasteiger partial charge in [-0.05, 0) is 0 Å². The topological polar surface area (TPSA) is 47.3 Å². The monoisotopic (exact) mass is 88.1 g/mol.